The molecule has 1 atom stereocenters. The van der Waals surface area contributed by atoms with Crippen LogP contribution in [0.2, 0.25) is 0 Å². The molecule has 122 valence electrons. The largest absolute Gasteiger partial charge is 0.733 e. The molecular weight excluding hydrogens is 313 g/mol. The predicted molar refractivity (Wildman–Crippen MR) is 78.0 cm³/mol. The molecule has 0 spiro atoms. The number of carbonyl (C=O) groups is 1. The maximum atomic E-state index is 13.2. The van der Waals surface area contributed by atoms with E-state index in [0.29, 0.717) is 24.7 Å². The second kappa shape index (κ2) is 7.19. The summed E-state index contributed by atoms with van der Waals surface area (Å²) in [6.07, 6.45) is 1.40. The number of benzene rings is 1. The highest BCUT2D eigenvalue weighted by Gasteiger charge is 2.36. The molecule has 0 aromatic heterocycles. The number of nitrogens with one attached hydrogen (secondary N) is 1. The van der Waals surface area contributed by atoms with Crippen molar-refractivity contribution in [3.8, 4) is 0 Å². The van der Waals surface area contributed by atoms with E-state index in [-0.39, 0.29) is 24.1 Å². The molecule has 0 bridgehead atoms. The van der Waals surface area contributed by atoms with Gasteiger partial charge in [-0.3, -0.25) is 19.8 Å². The lowest BCUT2D eigenvalue weighted by molar-refractivity contribution is -0.129. The van der Waals surface area contributed by atoms with Gasteiger partial charge in [0.05, 0.1) is 24.1 Å². The van der Waals surface area contributed by atoms with Gasteiger partial charge in [-0.15, -0.1) is 0 Å². The van der Waals surface area contributed by atoms with E-state index in [4.69, 9.17) is 14.9 Å². The van der Waals surface area contributed by atoms with E-state index < -0.39 is 13.4 Å². The highest BCUT2D eigenvalue weighted by atomic mass is 31.2. The zero-order valence-corrected chi connectivity index (χ0v) is 12.6. The van der Waals surface area contributed by atoms with Gasteiger partial charge < -0.3 is 15.0 Å². The number of anilines is 1. The van der Waals surface area contributed by atoms with E-state index in [1.807, 2.05) is 0 Å². The van der Waals surface area contributed by atoms with Crippen molar-refractivity contribution < 1.29 is 24.3 Å². The Morgan fingerprint density at radius 1 is 1.41 bits per heavy atom. The van der Waals surface area contributed by atoms with Gasteiger partial charge in [0.2, 0.25) is 0 Å². The molecule has 1 heterocycles. The van der Waals surface area contributed by atoms with Crippen molar-refractivity contribution in [1.82, 2.24) is 10.2 Å². The van der Waals surface area contributed by atoms with Crippen LogP contribution in [0, 0.1) is 5.21 Å². The van der Waals surface area contributed by atoms with Crippen LogP contribution < -0.4 is 16.0 Å². The fourth-order valence-corrected chi connectivity index (χ4v) is 4.44. The fourth-order valence-electron chi connectivity index (χ4n) is 2.18. The summed E-state index contributed by atoms with van der Waals surface area (Å²) in [4.78, 5) is 11.4. The SMILES string of the molecule is O=C(CN1CCCCOP1(=O)c1ccc(N([O-])O)cc1)NO. The second-order valence-corrected chi connectivity index (χ2v) is 7.15. The van der Waals surface area contributed by atoms with Crippen LogP contribution in [-0.4, -0.2) is 40.7 Å². The van der Waals surface area contributed by atoms with E-state index in [9.17, 15) is 14.6 Å². The molecule has 1 saturated heterocycles. The van der Waals surface area contributed by atoms with E-state index >= 15 is 0 Å². The highest BCUT2D eigenvalue weighted by Crippen LogP contribution is 2.51. The number of nitrogens with zero attached hydrogens (tertiary/aromatic N) is 2. The Labute approximate surface area is 127 Å². The van der Waals surface area contributed by atoms with Gasteiger partial charge in [0.1, 0.15) is 0 Å². The van der Waals surface area contributed by atoms with Gasteiger partial charge in [-0.25, -0.2) is 10.2 Å². The number of hydroxylamine groups is 1. The molecule has 1 aromatic carbocycles. The quantitative estimate of drug-likeness (QED) is 0.421. The Bertz CT molecular complexity index is 564. The zero-order valence-electron chi connectivity index (χ0n) is 11.7. The molecule has 1 fully saturated rings. The monoisotopic (exact) mass is 330 g/mol. The predicted octanol–water partition coefficient (Wildman–Crippen LogP) is 0.816. The maximum Gasteiger partial charge on any atom is 0.302 e. The normalized spacial score (nSPS) is 22.9. The maximum absolute atomic E-state index is 13.2. The molecule has 1 unspecified atom stereocenters. The average Bonchev–Trinajstić information content (AvgIpc) is 2.70. The summed E-state index contributed by atoms with van der Waals surface area (Å²) in [6, 6.07) is 5.43. The Morgan fingerprint density at radius 2 is 2.09 bits per heavy atom. The Hall–Kier alpha value is -1.48. The standard InChI is InChI=1S/C12H17N3O6P/c16-12(13-17)9-14-7-1-2-8-21-22(14,20)11-5-3-10(4-6-11)15(18)19/h3-6,17-18H,1-2,7-9H2,(H,13,16)/q-1. The topological polar surface area (TPSA) is 125 Å². The lowest BCUT2D eigenvalue weighted by atomic mass is 10.3. The van der Waals surface area contributed by atoms with Crippen LogP contribution in [0.5, 0.6) is 0 Å². The molecule has 3 N–H and O–H groups in total. The van der Waals surface area contributed by atoms with Crippen LogP contribution >= 0.6 is 7.52 Å². The van der Waals surface area contributed by atoms with Crippen molar-refractivity contribution in [2.45, 2.75) is 12.8 Å². The summed E-state index contributed by atoms with van der Waals surface area (Å²) >= 11 is 0. The first-order valence-electron chi connectivity index (χ1n) is 6.67. The summed E-state index contributed by atoms with van der Waals surface area (Å²) < 4.78 is 20.1. The van der Waals surface area contributed by atoms with E-state index in [1.165, 1.54) is 34.4 Å². The van der Waals surface area contributed by atoms with Crippen LogP contribution in [0.3, 0.4) is 0 Å². The molecular formula is C12H17N3O6P-. The Kier molecular flexibility index (Phi) is 5.52. The molecule has 0 aliphatic carbocycles. The molecule has 2 rings (SSSR count). The second-order valence-electron chi connectivity index (χ2n) is 4.77. The minimum absolute atomic E-state index is 0.00942. The van der Waals surface area contributed by atoms with Gasteiger partial charge in [-0.2, -0.15) is 0 Å². The fraction of sp³-hybridized carbons (Fsp3) is 0.417. The van der Waals surface area contributed by atoms with Crippen LogP contribution in [0.25, 0.3) is 0 Å². The van der Waals surface area contributed by atoms with Crippen molar-refractivity contribution in [1.29, 1.82) is 0 Å². The smallest absolute Gasteiger partial charge is 0.302 e. The zero-order chi connectivity index (χ0) is 16.2. The third kappa shape index (κ3) is 3.64. The first-order chi connectivity index (χ1) is 10.5. The Balaban J connectivity index is 2.32. The molecule has 0 radical (unpaired) electrons. The summed E-state index contributed by atoms with van der Waals surface area (Å²) in [7, 11) is -3.48. The number of amides is 1. The number of hydrogen-bond acceptors (Lipinski definition) is 7. The van der Waals surface area contributed by atoms with Crippen molar-refractivity contribution in [3.05, 3.63) is 29.5 Å². The van der Waals surface area contributed by atoms with Crippen molar-refractivity contribution in [2.24, 2.45) is 0 Å². The first kappa shape index (κ1) is 16.9. The summed E-state index contributed by atoms with van der Waals surface area (Å²) in [6.45, 7) is 0.382. The van der Waals surface area contributed by atoms with E-state index in [2.05, 4.69) is 0 Å². The van der Waals surface area contributed by atoms with E-state index in [1.54, 1.807) is 0 Å². The lowest BCUT2D eigenvalue weighted by Crippen LogP contribution is -2.36. The number of hydrogen-bond donors (Lipinski definition) is 3. The van der Waals surface area contributed by atoms with Gasteiger partial charge in [0, 0.05) is 6.54 Å². The van der Waals surface area contributed by atoms with Crippen molar-refractivity contribution in [3.63, 3.8) is 0 Å². The molecule has 1 aliphatic heterocycles. The molecule has 9 nitrogen and oxygen atoms in total. The lowest BCUT2D eigenvalue weighted by Gasteiger charge is -2.29. The Morgan fingerprint density at radius 3 is 2.68 bits per heavy atom. The summed E-state index contributed by atoms with van der Waals surface area (Å²) in [5.74, 6) is -0.691. The summed E-state index contributed by atoms with van der Waals surface area (Å²) in [5.41, 5.74) is 1.50. The van der Waals surface area contributed by atoms with E-state index in [0.717, 1.165) is 0 Å². The van der Waals surface area contributed by atoms with Gasteiger partial charge in [0.25, 0.3) is 5.91 Å². The number of rotatable bonds is 4. The third-order valence-corrected chi connectivity index (χ3v) is 5.87. The highest BCUT2D eigenvalue weighted by molar-refractivity contribution is 7.64. The minimum Gasteiger partial charge on any atom is -0.733 e. The molecule has 1 amide bonds. The molecule has 1 aliphatic rings. The van der Waals surface area contributed by atoms with Crippen LogP contribution in [0.4, 0.5) is 5.69 Å². The van der Waals surface area contributed by atoms with Crippen LogP contribution in [0.15, 0.2) is 24.3 Å². The molecule has 1 aromatic rings. The van der Waals surface area contributed by atoms with Gasteiger partial charge in [-0.05, 0) is 37.1 Å². The van der Waals surface area contributed by atoms with Gasteiger partial charge >= 0.3 is 7.52 Å². The molecule has 22 heavy (non-hydrogen) atoms. The first-order valence-corrected chi connectivity index (χ1v) is 8.25. The molecule has 10 heteroatoms. The van der Waals surface area contributed by atoms with Crippen molar-refractivity contribution in [2.75, 3.05) is 24.9 Å². The van der Waals surface area contributed by atoms with Crippen LogP contribution in [0.1, 0.15) is 12.8 Å². The minimum atomic E-state index is -3.48. The summed E-state index contributed by atoms with van der Waals surface area (Å²) in [5, 5.41) is 28.3. The van der Waals surface area contributed by atoms with Gasteiger partial charge in [-0.1, -0.05) is 0 Å². The molecule has 0 saturated carbocycles. The van der Waals surface area contributed by atoms with Crippen molar-refractivity contribution >= 4 is 24.4 Å². The third-order valence-electron chi connectivity index (χ3n) is 3.30. The average molecular weight is 330 g/mol. The van der Waals surface area contributed by atoms with Crippen LogP contribution in [-0.2, 0) is 13.9 Å². The van der Waals surface area contributed by atoms with Gasteiger partial charge in [0.15, 0.2) is 0 Å². The number of carbonyl (C=O) groups excluding carboxylic acids is 1.